The molecular formula is C10H10N4O2S3. The largest absolute Gasteiger partial charge is 0.388 e. The molecule has 0 radical (unpaired) electrons. The first-order valence-corrected chi connectivity index (χ1v) is 7.90. The minimum Gasteiger partial charge on any atom is -0.388 e. The van der Waals surface area contributed by atoms with E-state index in [2.05, 4.69) is 14.7 Å². The van der Waals surface area contributed by atoms with Crippen molar-refractivity contribution in [3.8, 4) is 0 Å². The predicted molar refractivity (Wildman–Crippen MR) is 76.3 cm³/mol. The minimum atomic E-state index is -3.73. The van der Waals surface area contributed by atoms with Crippen LogP contribution in [0, 0.1) is 0 Å². The molecule has 0 amide bonds. The maximum Gasteiger partial charge on any atom is 0.243 e. The van der Waals surface area contributed by atoms with E-state index in [-0.39, 0.29) is 22.1 Å². The molecular weight excluding hydrogens is 304 g/mol. The van der Waals surface area contributed by atoms with Gasteiger partial charge in [-0.15, -0.1) is 11.3 Å². The monoisotopic (exact) mass is 314 g/mol. The zero-order valence-electron chi connectivity index (χ0n) is 9.61. The van der Waals surface area contributed by atoms with Crippen LogP contribution in [0.5, 0.6) is 0 Å². The van der Waals surface area contributed by atoms with Gasteiger partial charge in [0, 0.05) is 17.8 Å². The Morgan fingerprint density at radius 3 is 2.84 bits per heavy atom. The number of aromatic nitrogens is 2. The highest BCUT2D eigenvalue weighted by atomic mass is 32.2. The number of hydrogen-bond acceptors (Lipinski definition) is 6. The molecule has 6 nitrogen and oxygen atoms in total. The number of nitrogens with two attached hydrogens (primary N) is 1. The van der Waals surface area contributed by atoms with Gasteiger partial charge in [0.05, 0.1) is 6.54 Å². The van der Waals surface area contributed by atoms with Crippen molar-refractivity contribution in [1.82, 2.24) is 14.7 Å². The van der Waals surface area contributed by atoms with Crippen LogP contribution in [0.25, 0.3) is 0 Å². The molecule has 0 aromatic carbocycles. The number of hydrogen-bond donors (Lipinski definition) is 2. The zero-order valence-corrected chi connectivity index (χ0v) is 12.1. The molecule has 19 heavy (non-hydrogen) atoms. The Balaban J connectivity index is 2.27. The van der Waals surface area contributed by atoms with Crippen molar-refractivity contribution in [3.05, 3.63) is 40.6 Å². The van der Waals surface area contributed by atoms with Gasteiger partial charge in [-0.25, -0.2) is 18.1 Å². The van der Waals surface area contributed by atoms with Gasteiger partial charge in [0.2, 0.25) is 10.0 Å². The maximum atomic E-state index is 12.2. The third-order valence-electron chi connectivity index (χ3n) is 2.19. The van der Waals surface area contributed by atoms with E-state index in [1.165, 1.54) is 29.7 Å². The first-order valence-electron chi connectivity index (χ1n) is 5.13. The summed E-state index contributed by atoms with van der Waals surface area (Å²) in [5.41, 5.74) is 5.56. The van der Waals surface area contributed by atoms with Crippen LogP contribution in [-0.4, -0.2) is 23.4 Å². The van der Waals surface area contributed by atoms with Gasteiger partial charge in [0.25, 0.3) is 0 Å². The van der Waals surface area contributed by atoms with E-state index in [0.717, 1.165) is 0 Å². The summed E-state index contributed by atoms with van der Waals surface area (Å²) in [5.74, 6) is 0. The zero-order chi connectivity index (χ0) is 13.9. The second-order valence-electron chi connectivity index (χ2n) is 3.46. The summed E-state index contributed by atoms with van der Waals surface area (Å²) in [6.45, 7) is 0.117. The lowest BCUT2D eigenvalue weighted by Crippen LogP contribution is -2.26. The summed E-state index contributed by atoms with van der Waals surface area (Å²) in [6, 6.07) is 2.92. The van der Waals surface area contributed by atoms with Gasteiger partial charge in [0.15, 0.2) is 0 Å². The second kappa shape index (κ2) is 5.70. The summed E-state index contributed by atoms with van der Waals surface area (Å²) in [6.07, 6.45) is 3.05. The van der Waals surface area contributed by atoms with Gasteiger partial charge in [-0.3, -0.25) is 4.98 Å². The van der Waals surface area contributed by atoms with Crippen LogP contribution < -0.4 is 10.5 Å². The van der Waals surface area contributed by atoms with Crippen molar-refractivity contribution in [2.75, 3.05) is 0 Å². The normalized spacial score (nSPS) is 11.4. The van der Waals surface area contributed by atoms with Gasteiger partial charge in [0.1, 0.15) is 20.6 Å². The Kier molecular flexibility index (Phi) is 4.20. The lowest BCUT2D eigenvalue weighted by molar-refractivity contribution is 0.580. The van der Waals surface area contributed by atoms with Crippen molar-refractivity contribution in [2.24, 2.45) is 5.73 Å². The third-order valence-corrected chi connectivity index (χ3v) is 4.60. The molecule has 100 valence electrons. The van der Waals surface area contributed by atoms with E-state index in [9.17, 15) is 8.42 Å². The summed E-state index contributed by atoms with van der Waals surface area (Å²) in [5, 5.41) is 2.44. The van der Waals surface area contributed by atoms with Crippen LogP contribution in [0.15, 0.2) is 34.8 Å². The number of thiazole rings is 1. The number of pyridine rings is 1. The SMILES string of the molecule is NC(=S)c1ncccc1S(=O)(=O)NCc1nccs1. The summed E-state index contributed by atoms with van der Waals surface area (Å²) >= 11 is 6.16. The number of nitrogens with one attached hydrogen (secondary N) is 1. The molecule has 0 fully saturated rings. The molecule has 0 unspecified atom stereocenters. The molecule has 2 heterocycles. The Morgan fingerprint density at radius 2 is 2.21 bits per heavy atom. The fourth-order valence-corrected chi connectivity index (χ4v) is 3.40. The van der Waals surface area contributed by atoms with Crippen molar-refractivity contribution >= 4 is 38.6 Å². The van der Waals surface area contributed by atoms with Crippen molar-refractivity contribution in [1.29, 1.82) is 0 Å². The van der Waals surface area contributed by atoms with Crippen LogP contribution in [-0.2, 0) is 16.6 Å². The maximum absolute atomic E-state index is 12.2. The highest BCUT2D eigenvalue weighted by molar-refractivity contribution is 7.89. The fraction of sp³-hybridized carbons (Fsp3) is 0.100. The molecule has 9 heteroatoms. The van der Waals surface area contributed by atoms with Crippen molar-refractivity contribution in [3.63, 3.8) is 0 Å². The quantitative estimate of drug-likeness (QED) is 0.786. The van der Waals surface area contributed by atoms with Crippen molar-refractivity contribution < 1.29 is 8.42 Å². The van der Waals surface area contributed by atoms with Crippen LogP contribution in [0.3, 0.4) is 0 Å². The summed E-state index contributed by atoms with van der Waals surface area (Å²) in [4.78, 5) is 7.80. The first-order chi connectivity index (χ1) is 9.00. The van der Waals surface area contributed by atoms with Crippen LogP contribution in [0.4, 0.5) is 0 Å². The molecule has 2 aromatic rings. The predicted octanol–water partition coefficient (Wildman–Crippen LogP) is 0.651. The molecule has 2 aromatic heterocycles. The van der Waals surface area contributed by atoms with Gasteiger partial charge in [-0.1, -0.05) is 12.2 Å². The first kappa shape index (κ1) is 14.0. The average Bonchev–Trinajstić information content (AvgIpc) is 2.89. The highest BCUT2D eigenvalue weighted by Crippen LogP contribution is 2.14. The third kappa shape index (κ3) is 3.32. The summed E-state index contributed by atoms with van der Waals surface area (Å²) in [7, 11) is -3.73. The van der Waals surface area contributed by atoms with Gasteiger partial charge >= 0.3 is 0 Å². The van der Waals surface area contributed by atoms with Gasteiger partial charge in [-0.05, 0) is 12.1 Å². The molecule has 0 bridgehead atoms. The molecule has 3 N–H and O–H groups in total. The topological polar surface area (TPSA) is 98.0 Å². The number of thiocarbonyl (C=S) groups is 1. The molecule has 0 aliphatic carbocycles. The molecule has 0 saturated heterocycles. The molecule has 0 spiro atoms. The second-order valence-corrected chi connectivity index (χ2v) is 6.62. The number of sulfonamides is 1. The fourth-order valence-electron chi connectivity index (χ4n) is 1.37. The van der Waals surface area contributed by atoms with Gasteiger partial charge in [-0.2, -0.15) is 0 Å². The molecule has 0 saturated carbocycles. The number of nitrogens with zero attached hydrogens (tertiary/aromatic N) is 2. The van der Waals surface area contributed by atoms with E-state index in [1.807, 2.05) is 0 Å². The van der Waals surface area contributed by atoms with E-state index in [0.29, 0.717) is 5.01 Å². The Hall–Kier alpha value is -1.42. The lowest BCUT2D eigenvalue weighted by atomic mass is 10.3. The van der Waals surface area contributed by atoms with E-state index < -0.39 is 10.0 Å². The van der Waals surface area contributed by atoms with E-state index in [1.54, 1.807) is 11.6 Å². The molecule has 0 atom stereocenters. The minimum absolute atomic E-state index is 0.0287. The Morgan fingerprint density at radius 1 is 1.42 bits per heavy atom. The Bertz CT molecular complexity index is 683. The van der Waals surface area contributed by atoms with Crippen molar-refractivity contribution in [2.45, 2.75) is 11.4 Å². The smallest absolute Gasteiger partial charge is 0.243 e. The molecule has 0 aliphatic rings. The van der Waals surface area contributed by atoms with Crippen LogP contribution in [0.1, 0.15) is 10.7 Å². The summed E-state index contributed by atoms with van der Waals surface area (Å²) < 4.78 is 26.8. The van der Waals surface area contributed by atoms with Gasteiger partial charge < -0.3 is 5.73 Å². The van der Waals surface area contributed by atoms with Crippen LogP contribution >= 0.6 is 23.6 Å². The molecule has 0 aliphatic heterocycles. The molecule has 2 rings (SSSR count). The Labute approximate surface area is 119 Å². The number of rotatable bonds is 5. The lowest BCUT2D eigenvalue weighted by Gasteiger charge is -2.08. The highest BCUT2D eigenvalue weighted by Gasteiger charge is 2.20. The average molecular weight is 314 g/mol. The van der Waals surface area contributed by atoms with E-state index >= 15 is 0 Å². The standard InChI is InChI=1S/C10H10N4O2S3/c11-10(17)9-7(2-1-3-13-9)19(15,16)14-6-8-12-4-5-18-8/h1-5,14H,6H2,(H2,11,17). The van der Waals surface area contributed by atoms with E-state index in [4.69, 9.17) is 18.0 Å². The van der Waals surface area contributed by atoms with Crippen LogP contribution in [0.2, 0.25) is 0 Å².